The van der Waals surface area contributed by atoms with Gasteiger partial charge in [0.25, 0.3) is 0 Å². The molecule has 3 heteroatoms. The van der Waals surface area contributed by atoms with Crippen molar-refractivity contribution in [3.8, 4) is 5.75 Å². The van der Waals surface area contributed by atoms with Crippen molar-refractivity contribution in [2.45, 2.75) is 6.54 Å². The molecule has 0 fully saturated rings. The summed E-state index contributed by atoms with van der Waals surface area (Å²) in [5.74, 6) is 0.959. The molecule has 0 saturated heterocycles. The maximum Gasteiger partial charge on any atom is 0.127 e. The summed E-state index contributed by atoms with van der Waals surface area (Å²) in [6.07, 6.45) is 0. The van der Waals surface area contributed by atoms with Crippen LogP contribution in [-0.4, -0.2) is 14.2 Å². The highest BCUT2D eigenvalue weighted by Crippen LogP contribution is 2.32. The molecule has 2 nitrogen and oxygen atoms in total. The Balaban J connectivity index is 2.52. The zero-order valence-corrected chi connectivity index (χ0v) is 9.15. The molecule has 14 heavy (non-hydrogen) atoms. The molecular weight excluding hydrogens is 194 g/mol. The Morgan fingerprint density at radius 2 is 2.29 bits per heavy atom. The van der Waals surface area contributed by atoms with Crippen LogP contribution in [-0.2, 0) is 6.54 Å². The lowest BCUT2D eigenvalue weighted by Gasteiger charge is -1.99. The van der Waals surface area contributed by atoms with Gasteiger partial charge in [0.15, 0.2) is 0 Å². The summed E-state index contributed by atoms with van der Waals surface area (Å²) in [5.41, 5.74) is 0. The predicted molar refractivity (Wildman–Crippen MR) is 61.1 cm³/mol. The smallest absolute Gasteiger partial charge is 0.127 e. The van der Waals surface area contributed by atoms with E-state index in [1.807, 2.05) is 30.5 Å². The van der Waals surface area contributed by atoms with Gasteiger partial charge >= 0.3 is 0 Å². The average molecular weight is 207 g/mol. The van der Waals surface area contributed by atoms with E-state index in [-0.39, 0.29) is 0 Å². The van der Waals surface area contributed by atoms with Gasteiger partial charge in [0.1, 0.15) is 5.75 Å². The molecule has 0 radical (unpaired) electrons. The first-order chi connectivity index (χ1) is 6.85. The first kappa shape index (κ1) is 9.49. The van der Waals surface area contributed by atoms with Crippen LogP contribution in [0.5, 0.6) is 5.75 Å². The van der Waals surface area contributed by atoms with Crippen molar-refractivity contribution in [3.05, 3.63) is 29.1 Å². The molecule has 2 rings (SSSR count). The average Bonchev–Trinajstić information content (AvgIpc) is 2.60. The van der Waals surface area contributed by atoms with Crippen molar-refractivity contribution in [3.63, 3.8) is 0 Å². The SMILES string of the molecule is CNCc1cc2c(OC)cccc2s1. The molecule has 0 aliphatic heterocycles. The molecule has 1 heterocycles. The molecule has 0 amide bonds. The number of rotatable bonds is 3. The number of nitrogens with one attached hydrogen (secondary N) is 1. The molecule has 0 bridgehead atoms. The van der Waals surface area contributed by atoms with Gasteiger partial charge in [-0.05, 0) is 25.2 Å². The Labute approximate surface area is 87.5 Å². The van der Waals surface area contributed by atoms with Crippen LogP contribution in [0.15, 0.2) is 24.3 Å². The van der Waals surface area contributed by atoms with E-state index in [1.165, 1.54) is 15.0 Å². The summed E-state index contributed by atoms with van der Waals surface area (Å²) in [6.45, 7) is 0.919. The molecule has 0 aliphatic carbocycles. The van der Waals surface area contributed by atoms with E-state index in [0.717, 1.165) is 12.3 Å². The highest BCUT2D eigenvalue weighted by atomic mass is 32.1. The number of hydrogen-bond acceptors (Lipinski definition) is 3. The van der Waals surface area contributed by atoms with Gasteiger partial charge in [-0.2, -0.15) is 0 Å². The van der Waals surface area contributed by atoms with Gasteiger partial charge in [-0.1, -0.05) is 6.07 Å². The molecule has 2 aromatic rings. The first-order valence-electron chi connectivity index (χ1n) is 4.55. The monoisotopic (exact) mass is 207 g/mol. The normalized spacial score (nSPS) is 10.7. The van der Waals surface area contributed by atoms with Crippen LogP contribution in [0.4, 0.5) is 0 Å². The van der Waals surface area contributed by atoms with Crippen LogP contribution in [0.3, 0.4) is 0 Å². The van der Waals surface area contributed by atoms with Gasteiger partial charge in [-0.15, -0.1) is 11.3 Å². The van der Waals surface area contributed by atoms with Crippen molar-refractivity contribution < 1.29 is 4.74 Å². The molecular formula is C11H13NOS. The minimum atomic E-state index is 0.919. The van der Waals surface area contributed by atoms with E-state index >= 15 is 0 Å². The number of methoxy groups -OCH3 is 1. The highest BCUT2D eigenvalue weighted by Gasteiger charge is 2.05. The summed E-state index contributed by atoms with van der Waals surface area (Å²) in [4.78, 5) is 1.34. The molecule has 1 aromatic carbocycles. The van der Waals surface area contributed by atoms with Gasteiger partial charge in [0, 0.05) is 21.5 Å². The third-order valence-electron chi connectivity index (χ3n) is 2.14. The van der Waals surface area contributed by atoms with Crippen LogP contribution in [0.1, 0.15) is 4.88 Å². The van der Waals surface area contributed by atoms with Crippen LogP contribution in [0.25, 0.3) is 10.1 Å². The second-order valence-corrected chi connectivity index (χ2v) is 4.28. The molecule has 1 aromatic heterocycles. The maximum absolute atomic E-state index is 5.31. The Morgan fingerprint density at radius 1 is 1.43 bits per heavy atom. The Morgan fingerprint density at radius 3 is 3.00 bits per heavy atom. The van der Waals surface area contributed by atoms with Gasteiger partial charge < -0.3 is 10.1 Å². The minimum Gasteiger partial charge on any atom is -0.496 e. The van der Waals surface area contributed by atoms with Crippen molar-refractivity contribution in [2.24, 2.45) is 0 Å². The third kappa shape index (κ3) is 1.61. The fraction of sp³-hybridized carbons (Fsp3) is 0.273. The zero-order valence-electron chi connectivity index (χ0n) is 8.33. The number of thiophene rings is 1. The van der Waals surface area contributed by atoms with Crippen LogP contribution >= 0.6 is 11.3 Å². The third-order valence-corrected chi connectivity index (χ3v) is 3.24. The second-order valence-electron chi connectivity index (χ2n) is 3.12. The maximum atomic E-state index is 5.31. The summed E-state index contributed by atoms with van der Waals surface area (Å²) >= 11 is 1.81. The molecule has 0 unspecified atom stereocenters. The van der Waals surface area contributed by atoms with Crippen molar-refractivity contribution in [1.29, 1.82) is 0 Å². The molecule has 1 N–H and O–H groups in total. The van der Waals surface area contributed by atoms with E-state index in [1.54, 1.807) is 7.11 Å². The van der Waals surface area contributed by atoms with E-state index in [2.05, 4.69) is 17.4 Å². The number of benzene rings is 1. The number of hydrogen-bond donors (Lipinski definition) is 1. The molecule has 0 aliphatic rings. The lowest BCUT2D eigenvalue weighted by molar-refractivity contribution is 0.420. The van der Waals surface area contributed by atoms with Crippen LogP contribution in [0, 0.1) is 0 Å². The standard InChI is InChI=1S/C11H13NOS/c1-12-7-8-6-9-10(13-2)4-3-5-11(9)14-8/h3-6,12H,7H2,1-2H3. The zero-order chi connectivity index (χ0) is 9.97. The van der Waals surface area contributed by atoms with E-state index in [9.17, 15) is 0 Å². The van der Waals surface area contributed by atoms with E-state index < -0.39 is 0 Å². The topological polar surface area (TPSA) is 21.3 Å². The summed E-state index contributed by atoms with van der Waals surface area (Å²) in [6, 6.07) is 8.34. The van der Waals surface area contributed by atoms with Gasteiger partial charge in [-0.25, -0.2) is 0 Å². The van der Waals surface area contributed by atoms with Gasteiger partial charge in [0.05, 0.1) is 7.11 Å². The lowest BCUT2D eigenvalue weighted by atomic mass is 10.2. The van der Waals surface area contributed by atoms with Crippen molar-refractivity contribution in [1.82, 2.24) is 5.32 Å². The van der Waals surface area contributed by atoms with Crippen molar-refractivity contribution >= 4 is 21.4 Å². The first-order valence-corrected chi connectivity index (χ1v) is 5.37. The quantitative estimate of drug-likeness (QED) is 0.835. The molecule has 0 atom stereocenters. The van der Waals surface area contributed by atoms with Gasteiger partial charge in [0.2, 0.25) is 0 Å². The number of fused-ring (bicyclic) bond motifs is 1. The largest absolute Gasteiger partial charge is 0.496 e. The van der Waals surface area contributed by atoms with Crippen LogP contribution in [0.2, 0.25) is 0 Å². The fourth-order valence-corrected chi connectivity index (χ4v) is 2.62. The van der Waals surface area contributed by atoms with Crippen molar-refractivity contribution in [2.75, 3.05) is 14.2 Å². The highest BCUT2D eigenvalue weighted by molar-refractivity contribution is 7.19. The second kappa shape index (κ2) is 3.98. The summed E-state index contributed by atoms with van der Waals surface area (Å²) in [7, 11) is 3.67. The Hall–Kier alpha value is -1.06. The molecule has 0 saturated carbocycles. The van der Waals surface area contributed by atoms with Crippen LogP contribution < -0.4 is 10.1 Å². The molecule has 74 valence electrons. The lowest BCUT2D eigenvalue weighted by Crippen LogP contribution is -2.02. The fourth-order valence-electron chi connectivity index (χ4n) is 1.53. The number of ether oxygens (including phenoxy) is 1. The van der Waals surface area contributed by atoms with Gasteiger partial charge in [-0.3, -0.25) is 0 Å². The van der Waals surface area contributed by atoms with E-state index in [4.69, 9.17) is 4.74 Å². The van der Waals surface area contributed by atoms with E-state index in [0.29, 0.717) is 0 Å². The predicted octanol–water partition coefficient (Wildman–Crippen LogP) is 2.63. The summed E-state index contributed by atoms with van der Waals surface area (Å²) in [5, 5.41) is 4.37. The summed E-state index contributed by atoms with van der Waals surface area (Å²) < 4.78 is 6.59. The Bertz CT molecular complexity index is 436. The molecule has 0 spiro atoms. The minimum absolute atomic E-state index is 0.919. The Kier molecular flexibility index (Phi) is 2.70.